The Kier molecular flexibility index (Phi) is 6.49. The van der Waals surface area contributed by atoms with Crippen LogP contribution in [0, 0.1) is 0 Å². The molecule has 4 nitrogen and oxygen atoms in total. The summed E-state index contributed by atoms with van der Waals surface area (Å²) < 4.78 is 5.63. The average Bonchev–Trinajstić information content (AvgIpc) is 2.35. The predicted molar refractivity (Wildman–Crippen MR) is 86.9 cm³/mol. The molecule has 1 amide bonds. The maximum Gasteiger partial charge on any atom is 0.237 e. The molecular formula is C16H25ClN2O2. The fourth-order valence-corrected chi connectivity index (χ4v) is 1.91. The molecule has 0 heterocycles. The third kappa shape index (κ3) is 6.82. The zero-order valence-electron chi connectivity index (χ0n) is 13.4. The highest BCUT2D eigenvalue weighted by molar-refractivity contribution is 6.30. The highest BCUT2D eigenvalue weighted by Crippen LogP contribution is 2.17. The van der Waals surface area contributed by atoms with Crippen LogP contribution >= 0.6 is 11.6 Å². The van der Waals surface area contributed by atoms with Crippen molar-refractivity contribution in [2.24, 2.45) is 0 Å². The molecule has 118 valence electrons. The van der Waals surface area contributed by atoms with Gasteiger partial charge in [0.1, 0.15) is 12.4 Å². The third-order valence-electron chi connectivity index (χ3n) is 3.05. The fourth-order valence-electron chi connectivity index (χ4n) is 1.73. The van der Waals surface area contributed by atoms with E-state index >= 15 is 0 Å². The molecule has 1 unspecified atom stereocenters. The number of hydrogen-bond acceptors (Lipinski definition) is 3. The molecular weight excluding hydrogens is 288 g/mol. The van der Waals surface area contributed by atoms with Crippen LogP contribution in [0.4, 0.5) is 0 Å². The van der Waals surface area contributed by atoms with Gasteiger partial charge in [-0.3, -0.25) is 9.69 Å². The van der Waals surface area contributed by atoms with Gasteiger partial charge in [-0.25, -0.2) is 0 Å². The van der Waals surface area contributed by atoms with Gasteiger partial charge >= 0.3 is 0 Å². The molecule has 0 radical (unpaired) electrons. The molecule has 0 spiro atoms. The van der Waals surface area contributed by atoms with Gasteiger partial charge in [0.2, 0.25) is 5.91 Å². The van der Waals surface area contributed by atoms with Crippen molar-refractivity contribution in [1.82, 2.24) is 10.2 Å². The number of rotatable bonds is 6. The quantitative estimate of drug-likeness (QED) is 0.878. The molecule has 1 atom stereocenters. The normalized spacial score (nSPS) is 13.1. The minimum atomic E-state index is -0.219. The number of hydrogen-bond donors (Lipinski definition) is 1. The molecule has 1 N–H and O–H groups in total. The lowest BCUT2D eigenvalue weighted by molar-refractivity contribution is -0.126. The van der Waals surface area contributed by atoms with Crippen LogP contribution in [0.5, 0.6) is 5.75 Å². The van der Waals surface area contributed by atoms with Crippen LogP contribution in [0.2, 0.25) is 5.02 Å². The van der Waals surface area contributed by atoms with Gasteiger partial charge in [0.25, 0.3) is 0 Å². The average molecular weight is 313 g/mol. The first-order valence-electron chi connectivity index (χ1n) is 7.09. The zero-order chi connectivity index (χ0) is 16.0. The molecule has 1 rings (SSSR count). The lowest BCUT2D eigenvalue weighted by Gasteiger charge is -2.28. The molecule has 0 bridgehead atoms. The van der Waals surface area contributed by atoms with Crippen molar-refractivity contribution >= 4 is 17.5 Å². The molecule has 5 heteroatoms. The summed E-state index contributed by atoms with van der Waals surface area (Å²) in [4.78, 5) is 14.0. The zero-order valence-corrected chi connectivity index (χ0v) is 14.2. The molecule has 0 aliphatic heterocycles. The lowest BCUT2D eigenvalue weighted by Crippen LogP contribution is -2.50. The number of ether oxygens (including phenoxy) is 1. The van der Waals surface area contributed by atoms with Crippen LogP contribution in [-0.2, 0) is 4.79 Å². The van der Waals surface area contributed by atoms with Crippen molar-refractivity contribution in [3.63, 3.8) is 0 Å². The second-order valence-corrected chi connectivity index (χ2v) is 6.64. The van der Waals surface area contributed by atoms with Crippen molar-refractivity contribution in [1.29, 1.82) is 0 Å². The largest absolute Gasteiger partial charge is 0.492 e. The van der Waals surface area contributed by atoms with Crippen molar-refractivity contribution in [3.05, 3.63) is 29.3 Å². The van der Waals surface area contributed by atoms with E-state index in [1.54, 1.807) is 12.1 Å². The topological polar surface area (TPSA) is 41.6 Å². The van der Waals surface area contributed by atoms with Gasteiger partial charge in [0, 0.05) is 17.1 Å². The summed E-state index contributed by atoms with van der Waals surface area (Å²) in [6.07, 6.45) is 0. The van der Waals surface area contributed by atoms with Gasteiger partial charge in [-0.15, -0.1) is 0 Å². The molecule has 1 aromatic rings. The van der Waals surface area contributed by atoms with E-state index in [0.717, 1.165) is 5.75 Å². The van der Waals surface area contributed by atoms with Gasteiger partial charge in [0.15, 0.2) is 0 Å². The van der Waals surface area contributed by atoms with Crippen LogP contribution in [0.25, 0.3) is 0 Å². The molecule has 0 aromatic heterocycles. The molecule has 0 saturated carbocycles. The summed E-state index contributed by atoms with van der Waals surface area (Å²) in [6, 6.07) is 7.09. The van der Waals surface area contributed by atoms with E-state index in [9.17, 15) is 4.79 Å². The first-order valence-corrected chi connectivity index (χ1v) is 7.47. The number of nitrogens with zero attached hydrogens (tertiary/aromatic N) is 1. The van der Waals surface area contributed by atoms with E-state index in [0.29, 0.717) is 18.2 Å². The Labute approximate surface area is 132 Å². The first kappa shape index (κ1) is 17.8. The summed E-state index contributed by atoms with van der Waals surface area (Å²) in [5, 5.41) is 3.63. The summed E-state index contributed by atoms with van der Waals surface area (Å²) >= 11 is 5.90. The number of likely N-dealkylation sites (N-methyl/N-ethyl adjacent to an activating group) is 1. The van der Waals surface area contributed by atoms with E-state index in [-0.39, 0.29) is 17.5 Å². The Morgan fingerprint density at radius 3 is 2.67 bits per heavy atom. The minimum Gasteiger partial charge on any atom is -0.492 e. The highest BCUT2D eigenvalue weighted by Gasteiger charge is 2.22. The molecule has 0 aliphatic rings. The van der Waals surface area contributed by atoms with Crippen LogP contribution in [0.3, 0.4) is 0 Å². The number of carbonyl (C=O) groups excluding carboxylic acids is 1. The Morgan fingerprint density at radius 2 is 2.10 bits per heavy atom. The van der Waals surface area contributed by atoms with Crippen molar-refractivity contribution < 1.29 is 9.53 Å². The van der Waals surface area contributed by atoms with Gasteiger partial charge in [-0.1, -0.05) is 17.7 Å². The van der Waals surface area contributed by atoms with E-state index < -0.39 is 0 Å². The summed E-state index contributed by atoms with van der Waals surface area (Å²) in [5.74, 6) is 0.760. The Balaban J connectivity index is 2.39. The number of halogens is 1. The van der Waals surface area contributed by atoms with E-state index in [4.69, 9.17) is 16.3 Å². The smallest absolute Gasteiger partial charge is 0.237 e. The molecule has 21 heavy (non-hydrogen) atoms. The molecule has 0 fully saturated rings. The Hall–Kier alpha value is -1.26. The SMILES string of the molecule is CC(C(=O)NC(C)(C)C)N(C)CCOc1cccc(Cl)c1. The van der Waals surface area contributed by atoms with Gasteiger partial charge in [-0.05, 0) is 52.9 Å². The molecule has 0 aliphatic carbocycles. The summed E-state index contributed by atoms with van der Waals surface area (Å²) in [7, 11) is 1.91. The lowest BCUT2D eigenvalue weighted by atomic mass is 10.1. The van der Waals surface area contributed by atoms with E-state index in [1.807, 2.05) is 51.8 Å². The van der Waals surface area contributed by atoms with Gasteiger partial charge in [-0.2, -0.15) is 0 Å². The standard InChI is InChI=1S/C16H25ClN2O2/c1-12(15(20)18-16(2,3)4)19(5)9-10-21-14-8-6-7-13(17)11-14/h6-8,11-12H,9-10H2,1-5H3,(H,18,20). The second kappa shape index (κ2) is 7.66. The first-order chi connectivity index (χ1) is 9.69. The number of amides is 1. The maximum absolute atomic E-state index is 12.1. The van der Waals surface area contributed by atoms with Crippen molar-refractivity contribution in [2.45, 2.75) is 39.3 Å². The fraction of sp³-hybridized carbons (Fsp3) is 0.562. The second-order valence-electron chi connectivity index (χ2n) is 6.20. The Bertz CT molecular complexity index is 472. The molecule has 0 saturated heterocycles. The molecule has 1 aromatic carbocycles. The van der Waals surface area contributed by atoms with E-state index in [2.05, 4.69) is 5.32 Å². The maximum atomic E-state index is 12.1. The monoisotopic (exact) mass is 312 g/mol. The van der Waals surface area contributed by atoms with Crippen molar-refractivity contribution in [2.75, 3.05) is 20.2 Å². The van der Waals surface area contributed by atoms with Crippen LogP contribution in [0.1, 0.15) is 27.7 Å². The number of nitrogens with one attached hydrogen (secondary N) is 1. The van der Waals surface area contributed by atoms with E-state index in [1.165, 1.54) is 0 Å². The van der Waals surface area contributed by atoms with Crippen molar-refractivity contribution in [3.8, 4) is 5.75 Å². The summed E-state index contributed by atoms with van der Waals surface area (Å²) in [6.45, 7) is 8.97. The predicted octanol–water partition coefficient (Wildman–Crippen LogP) is 2.95. The number of benzene rings is 1. The number of carbonyl (C=O) groups is 1. The van der Waals surface area contributed by atoms with Crippen LogP contribution in [-0.4, -0.2) is 42.6 Å². The summed E-state index contributed by atoms with van der Waals surface area (Å²) in [5.41, 5.74) is -0.219. The van der Waals surface area contributed by atoms with Crippen LogP contribution in [0.15, 0.2) is 24.3 Å². The highest BCUT2D eigenvalue weighted by atomic mass is 35.5. The van der Waals surface area contributed by atoms with Crippen LogP contribution < -0.4 is 10.1 Å². The van der Waals surface area contributed by atoms with Gasteiger partial charge < -0.3 is 10.1 Å². The minimum absolute atomic E-state index is 0.0211. The van der Waals surface area contributed by atoms with Gasteiger partial charge in [0.05, 0.1) is 6.04 Å². The third-order valence-corrected chi connectivity index (χ3v) is 3.28. The Morgan fingerprint density at radius 1 is 1.43 bits per heavy atom.